The minimum atomic E-state index is -0.211. The second-order valence-corrected chi connectivity index (χ2v) is 6.14. The molecule has 5 heteroatoms. The quantitative estimate of drug-likeness (QED) is 0.844. The Morgan fingerprint density at radius 2 is 2.00 bits per heavy atom. The molecule has 1 heterocycles. The van der Waals surface area contributed by atoms with Gasteiger partial charge in [0.1, 0.15) is 5.00 Å². The van der Waals surface area contributed by atoms with Crippen molar-refractivity contribution in [3.05, 3.63) is 47.2 Å². The number of hydrogen-bond donors (Lipinski definition) is 2. The molecule has 0 bridgehead atoms. The van der Waals surface area contributed by atoms with E-state index in [1.54, 1.807) is 6.08 Å². The Hall–Kier alpha value is -2.14. The zero-order chi connectivity index (χ0) is 15.4. The first kappa shape index (κ1) is 15.3. The summed E-state index contributed by atoms with van der Waals surface area (Å²) in [5.74, 6) is 0.293. The van der Waals surface area contributed by atoms with E-state index in [0.29, 0.717) is 16.1 Å². The molecule has 0 atom stereocenters. The molecule has 0 spiro atoms. The van der Waals surface area contributed by atoms with E-state index in [1.165, 1.54) is 23.0 Å². The third kappa shape index (κ3) is 4.16. The highest BCUT2D eigenvalue weighted by molar-refractivity contribution is 7.19. The fourth-order valence-corrected chi connectivity index (χ4v) is 2.51. The lowest BCUT2D eigenvalue weighted by Gasteiger charge is -2.04. The molecule has 1 aromatic carbocycles. The lowest BCUT2D eigenvalue weighted by Crippen LogP contribution is -2.07. The van der Waals surface area contributed by atoms with Crippen LogP contribution in [-0.4, -0.2) is 10.9 Å². The summed E-state index contributed by atoms with van der Waals surface area (Å²) < 4.78 is 0. The van der Waals surface area contributed by atoms with Gasteiger partial charge < -0.3 is 5.73 Å². The molecule has 0 saturated carbocycles. The summed E-state index contributed by atoms with van der Waals surface area (Å²) in [7, 11) is 0. The van der Waals surface area contributed by atoms with Gasteiger partial charge in [-0.2, -0.15) is 0 Å². The van der Waals surface area contributed by atoms with Crippen LogP contribution in [0.25, 0.3) is 6.08 Å². The highest BCUT2D eigenvalue weighted by Crippen LogP contribution is 2.24. The average molecular weight is 301 g/mol. The van der Waals surface area contributed by atoms with Gasteiger partial charge in [-0.1, -0.05) is 49.4 Å². The smallest absolute Gasteiger partial charge is 0.250 e. The highest BCUT2D eigenvalue weighted by atomic mass is 32.1. The molecule has 0 aliphatic rings. The van der Waals surface area contributed by atoms with Crippen LogP contribution < -0.4 is 11.1 Å². The molecule has 21 heavy (non-hydrogen) atoms. The van der Waals surface area contributed by atoms with Gasteiger partial charge in [0.25, 0.3) is 0 Å². The summed E-state index contributed by atoms with van der Waals surface area (Å²) >= 11 is 1.27. The van der Waals surface area contributed by atoms with E-state index in [-0.39, 0.29) is 5.91 Å². The molecule has 0 fully saturated rings. The molecule has 3 N–H and O–H groups in total. The Balaban J connectivity index is 1.98. The van der Waals surface area contributed by atoms with Crippen molar-refractivity contribution in [1.29, 1.82) is 0 Å². The van der Waals surface area contributed by atoms with Gasteiger partial charge in [-0.05, 0) is 30.0 Å². The standard InChI is InChI=1S/C16H19N3OS/c1-10(2)13-7-4-12(5-8-13)6-9-14(20)19-16-18-11(3)15(17)21-16/h4-10H,17H2,1-3H3,(H,18,19,20)/b9-6+. The van der Waals surface area contributed by atoms with Gasteiger partial charge in [-0.3, -0.25) is 10.1 Å². The Morgan fingerprint density at radius 3 is 2.52 bits per heavy atom. The molecule has 0 radical (unpaired) electrons. The van der Waals surface area contributed by atoms with Crippen LogP contribution in [0.1, 0.15) is 36.6 Å². The summed E-state index contributed by atoms with van der Waals surface area (Å²) in [5, 5.41) is 3.85. The number of nitrogens with zero attached hydrogens (tertiary/aromatic N) is 1. The zero-order valence-electron chi connectivity index (χ0n) is 12.4. The maximum Gasteiger partial charge on any atom is 0.250 e. The van der Waals surface area contributed by atoms with Crippen LogP contribution in [0.4, 0.5) is 10.1 Å². The molecular weight excluding hydrogens is 282 g/mol. The van der Waals surface area contributed by atoms with E-state index < -0.39 is 0 Å². The van der Waals surface area contributed by atoms with Crippen LogP contribution in [0.2, 0.25) is 0 Å². The number of nitrogens with one attached hydrogen (secondary N) is 1. The van der Waals surface area contributed by atoms with Crippen LogP contribution in [0.3, 0.4) is 0 Å². The van der Waals surface area contributed by atoms with E-state index in [1.807, 2.05) is 19.1 Å². The first-order valence-corrected chi connectivity index (χ1v) is 7.59. The van der Waals surface area contributed by atoms with E-state index in [4.69, 9.17) is 5.73 Å². The van der Waals surface area contributed by atoms with Gasteiger partial charge in [0.2, 0.25) is 5.91 Å². The van der Waals surface area contributed by atoms with Crippen LogP contribution >= 0.6 is 11.3 Å². The first-order chi connectivity index (χ1) is 9.95. The van der Waals surface area contributed by atoms with Gasteiger partial charge in [0.15, 0.2) is 5.13 Å². The second-order valence-electron chi connectivity index (χ2n) is 5.11. The molecule has 0 aliphatic carbocycles. The summed E-state index contributed by atoms with van der Waals surface area (Å²) in [5.41, 5.74) is 8.72. The number of nitrogen functional groups attached to an aromatic ring is 1. The topological polar surface area (TPSA) is 68.0 Å². The maximum atomic E-state index is 11.8. The lowest BCUT2D eigenvalue weighted by atomic mass is 10.0. The Kier molecular flexibility index (Phi) is 4.75. The number of rotatable bonds is 4. The van der Waals surface area contributed by atoms with Gasteiger partial charge in [-0.25, -0.2) is 4.98 Å². The highest BCUT2D eigenvalue weighted by Gasteiger charge is 2.06. The number of carbonyl (C=O) groups is 1. The van der Waals surface area contributed by atoms with Crippen molar-refractivity contribution in [2.45, 2.75) is 26.7 Å². The number of aryl methyl sites for hydroxylation is 1. The van der Waals surface area contributed by atoms with Gasteiger partial charge in [0, 0.05) is 6.08 Å². The number of anilines is 2. The zero-order valence-corrected chi connectivity index (χ0v) is 13.2. The molecule has 0 aliphatic heterocycles. The SMILES string of the molecule is Cc1nc(NC(=O)/C=C/c2ccc(C(C)C)cc2)sc1N. The summed E-state index contributed by atoms with van der Waals surface area (Å²) in [6, 6.07) is 8.16. The van der Waals surface area contributed by atoms with Crippen LogP contribution in [0, 0.1) is 6.92 Å². The Labute approximate surface area is 128 Å². The predicted molar refractivity (Wildman–Crippen MR) is 89.5 cm³/mol. The van der Waals surface area contributed by atoms with Crippen molar-refractivity contribution in [1.82, 2.24) is 4.98 Å². The van der Waals surface area contributed by atoms with E-state index in [0.717, 1.165) is 11.3 Å². The van der Waals surface area contributed by atoms with E-state index >= 15 is 0 Å². The minimum Gasteiger partial charge on any atom is -0.389 e. The van der Waals surface area contributed by atoms with Crippen molar-refractivity contribution in [3.63, 3.8) is 0 Å². The fraction of sp³-hybridized carbons (Fsp3) is 0.250. The van der Waals surface area contributed by atoms with Crippen molar-refractivity contribution < 1.29 is 4.79 Å². The van der Waals surface area contributed by atoms with Crippen LogP contribution in [-0.2, 0) is 4.79 Å². The van der Waals surface area contributed by atoms with Crippen molar-refractivity contribution >= 4 is 33.5 Å². The average Bonchev–Trinajstić information content (AvgIpc) is 2.75. The second kappa shape index (κ2) is 6.54. The molecule has 0 unspecified atom stereocenters. The summed E-state index contributed by atoms with van der Waals surface area (Å²) in [4.78, 5) is 16.0. The molecule has 2 rings (SSSR count). The first-order valence-electron chi connectivity index (χ1n) is 6.77. The van der Waals surface area contributed by atoms with Crippen LogP contribution in [0.5, 0.6) is 0 Å². The van der Waals surface area contributed by atoms with Crippen molar-refractivity contribution in [3.8, 4) is 0 Å². The Morgan fingerprint density at radius 1 is 1.33 bits per heavy atom. The van der Waals surface area contributed by atoms with Gasteiger partial charge >= 0.3 is 0 Å². The molecule has 110 valence electrons. The lowest BCUT2D eigenvalue weighted by molar-refractivity contribution is -0.111. The Bertz CT molecular complexity index is 637. The molecule has 4 nitrogen and oxygen atoms in total. The number of nitrogens with two attached hydrogens (primary N) is 1. The molecular formula is C16H19N3OS. The summed E-state index contributed by atoms with van der Waals surface area (Å²) in [6.07, 6.45) is 3.28. The fourth-order valence-electron chi connectivity index (χ4n) is 1.77. The maximum absolute atomic E-state index is 11.8. The van der Waals surface area contributed by atoms with Gasteiger partial charge in [-0.15, -0.1) is 0 Å². The largest absolute Gasteiger partial charge is 0.389 e. The molecule has 0 saturated heterocycles. The minimum absolute atomic E-state index is 0.211. The molecule has 1 aromatic heterocycles. The number of amides is 1. The third-order valence-corrected chi connectivity index (χ3v) is 3.99. The molecule has 2 aromatic rings. The van der Waals surface area contributed by atoms with E-state index in [9.17, 15) is 4.79 Å². The number of carbonyl (C=O) groups excluding carboxylic acids is 1. The normalized spacial score (nSPS) is 11.2. The predicted octanol–water partition coefficient (Wildman–Crippen LogP) is 3.81. The number of benzene rings is 1. The summed E-state index contributed by atoms with van der Waals surface area (Å²) in [6.45, 7) is 6.12. The monoisotopic (exact) mass is 301 g/mol. The van der Waals surface area contributed by atoms with Crippen molar-refractivity contribution in [2.24, 2.45) is 0 Å². The number of hydrogen-bond acceptors (Lipinski definition) is 4. The van der Waals surface area contributed by atoms with Crippen molar-refractivity contribution in [2.75, 3.05) is 11.1 Å². The number of thiazole rings is 1. The van der Waals surface area contributed by atoms with Gasteiger partial charge in [0.05, 0.1) is 5.69 Å². The molecule has 1 amide bonds. The van der Waals surface area contributed by atoms with E-state index in [2.05, 4.69) is 36.3 Å². The van der Waals surface area contributed by atoms with Crippen LogP contribution in [0.15, 0.2) is 30.3 Å². The third-order valence-electron chi connectivity index (χ3n) is 3.09. The number of aromatic nitrogens is 1.